The molecular weight excluding hydrogens is 496 g/mol. The summed E-state index contributed by atoms with van der Waals surface area (Å²) >= 11 is 0. The first-order valence-electron chi connectivity index (χ1n) is 13.5. The largest absolute Gasteiger partial charge is 0.619 e. The molecule has 0 N–H and O–H groups in total. The highest BCUT2D eigenvalue weighted by molar-refractivity contribution is 6.74. The minimum atomic E-state index is -2.28. The number of Topliss-reactive ketones (excluding diaryl/α,β-unsaturated/α-hetero) is 1. The summed E-state index contributed by atoms with van der Waals surface area (Å²) in [6.45, 7) is 18.1. The minimum Gasteiger partial charge on any atom is -0.619 e. The van der Waals surface area contributed by atoms with Crippen LogP contribution in [0.3, 0.4) is 0 Å². The van der Waals surface area contributed by atoms with Crippen molar-refractivity contribution in [1.29, 1.82) is 0 Å². The number of hydrogen-bond donors (Lipinski definition) is 0. The van der Waals surface area contributed by atoms with Gasteiger partial charge >= 0.3 is 6.09 Å². The van der Waals surface area contributed by atoms with Gasteiger partial charge in [0.2, 0.25) is 0 Å². The van der Waals surface area contributed by atoms with E-state index >= 15 is 0 Å². The van der Waals surface area contributed by atoms with Crippen molar-refractivity contribution in [1.82, 2.24) is 4.90 Å². The molecule has 1 aromatic heterocycles. The molecule has 2 heterocycles. The molecule has 1 aliphatic rings. The van der Waals surface area contributed by atoms with Crippen LogP contribution in [0, 0.1) is 5.21 Å². The SMILES string of the molecule is CC(=O)c1ccc(C[C@@H]2CC[C@H]([C@H](O[Si](C)(C)C(C)(C)C)c3ccc[n+]([O-])c3)N2C(=O)OC(C)(C)C)cc1. The molecule has 38 heavy (non-hydrogen) atoms. The topological polar surface area (TPSA) is 82.8 Å². The van der Waals surface area contributed by atoms with Gasteiger partial charge in [0.1, 0.15) is 5.60 Å². The predicted molar refractivity (Wildman–Crippen MR) is 151 cm³/mol. The number of ketones is 1. The lowest BCUT2D eigenvalue weighted by Crippen LogP contribution is -2.51. The number of benzene rings is 1. The summed E-state index contributed by atoms with van der Waals surface area (Å²) in [6.07, 6.45) is 4.31. The van der Waals surface area contributed by atoms with Crippen molar-refractivity contribution >= 4 is 20.2 Å². The van der Waals surface area contributed by atoms with Gasteiger partial charge < -0.3 is 14.4 Å². The molecule has 0 saturated carbocycles. The number of aromatic nitrogens is 1. The van der Waals surface area contributed by atoms with Gasteiger partial charge in [-0.25, -0.2) is 4.79 Å². The molecule has 1 amide bonds. The van der Waals surface area contributed by atoms with Crippen LogP contribution in [0.4, 0.5) is 4.79 Å². The number of hydrogen-bond acceptors (Lipinski definition) is 5. The highest BCUT2D eigenvalue weighted by Crippen LogP contribution is 2.44. The van der Waals surface area contributed by atoms with E-state index in [2.05, 4.69) is 33.9 Å². The maximum atomic E-state index is 13.7. The van der Waals surface area contributed by atoms with Crippen LogP contribution in [-0.4, -0.2) is 42.8 Å². The average molecular weight is 541 g/mol. The van der Waals surface area contributed by atoms with Crippen molar-refractivity contribution in [2.75, 3.05) is 0 Å². The number of carbonyl (C=O) groups is 2. The van der Waals surface area contributed by atoms with Crippen LogP contribution in [0.1, 0.15) is 88.9 Å². The number of likely N-dealkylation sites (tertiary alicyclic amines) is 1. The minimum absolute atomic E-state index is 0.0250. The zero-order valence-corrected chi connectivity index (χ0v) is 25.4. The molecule has 1 saturated heterocycles. The Balaban J connectivity index is 2.02. The smallest absolute Gasteiger partial charge is 0.410 e. The zero-order chi connectivity index (χ0) is 28.5. The summed E-state index contributed by atoms with van der Waals surface area (Å²) in [6, 6.07) is 10.8. The van der Waals surface area contributed by atoms with E-state index in [1.807, 2.05) is 56.0 Å². The Kier molecular flexibility index (Phi) is 8.78. The standard InChI is InChI=1S/C30H44N2O5Si/c1-21(33)23-14-12-22(13-15-23)19-25-16-17-26(32(25)28(34)36-29(2,3)4)27(24-11-10-18-31(35)20-24)37-38(8,9)30(5,6)7/h10-15,18,20,25-27H,16-17,19H2,1-9H3/t25-,26+,27+/m0/s1. The third kappa shape index (κ3) is 7.23. The molecule has 0 unspecified atom stereocenters. The molecule has 1 aromatic carbocycles. The highest BCUT2D eigenvalue weighted by atomic mass is 28.4. The number of rotatable bonds is 7. The Morgan fingerprint density at radius 2 is 1.71 bits per heavy atom. The number of nitrogens with zero attached hydrogens (tertiary/aromatic N) is 2. The Morgan fingerprint density at radius 1 is 1.08 bits per heavy atom. The van der Waals surface area contributed by atoms with Gasteiger partial charge in [0, 0.05) is 23.2 Å². The number of pyridine rings is 1. The van der Waals surface area contributed by atoms with Gasteiger partial charge in [-0.05, 0) is 76.7 Å². The fourth-order valence-corrected chi connectivity index (χ4v) is 5.94. The third-order valence-electron chi connectivity index (χ3n) is 7.69. The molecule has 3 atom stereocenters. The van der Waals surface area contributed by atoms with E-state index in [-0.39, 0.29) is 29.0 Å². The van der Waals surface area contributed by atoms with Crippen LogP contribution in [-0.2, 0) is 15.6 Å². The monoisotopic (exact) mass is 540 g/mol. The summed E-state index contributed by atoms with van der Waals surface area (Å²) in [5.74, 6) is 0.0250. The molecule has 1 fully saturated rings. The molecule has 0 aliphatic carbocycles. The van der Waals surface area contributed by atoms with E-state index in [0.717, 1.165) is 28.7 Å². The Hall–Kier alpha value is -2.71. The predicted octanol–water partition coefficient (Wildman–Crippen LogP) is 6.60. The van der Waals surface area contributed by atoms with Crippen molar-refractivity contribution in [3.63, 3.8) is 0 Å². The maximum absolute atomic E-state index is 13.7. The molecule has 0 radical (unpaired) electrons. The number of ether oxygens (including phenoxy) is 1. The normalized spacial score (nSPS) is 19.3. The van der Waals surface area contributed by atoms with E-state index in [1.165, 1.54) is 6.20 Å². The van der Waals surface area contributed by atoms with Crippen molar-refractivity contribution in [2.45, 2.75) is 110 Å². The maximum Gasteiger partial charge on any atom is 0.410 e. The Bertz CT molecular complexity index is 1130. The Labute approximate surface area is 228 Å². The van der Waals surface area contributed by atoms with Crippen LogP contribution in [0.5, 0.6) is 0 Å². The fraction of sp³-hybridized carbons (Fsp3) is 0.567. The van der Waals surface area contributed by atoms with Gasteiger partial charge in [0.05, 0.1) is 12.1 Å². The van der Waals surface area contributed by atoms with E-state index in [0.29, 0.717) is 12.0 Å². The van der Waals surface area contributed by atoms with Crippen LogP contribution < -0.4 is 4.73 Å². The molecule has 7 nitrogen and oxygen atoms in total. The molecule has 3 rings (SSSR count). The van der Waals surface area contributed by atoms with Gasteiger partial charge in [-0.15, -0.1) is 0 Å². The first kappa shape index (κ1) is 29.8. The molecular formula is C30H44N2O5Si. The van der Waals surface area contributed by atoms with Gasteiger partial charge in [0.25, 0.3) is 0 Å². The van der Waals surface area contributed by atoms with Gasteiger partial charge in [-0.2, -0.15) is 4.73 Å². The summed E-state index contributed by atoms with van der Waals surface area (Å²) in [7, 11) is -2.28. The highest BCUT2D eigenvalue weighted by Gasteiger charge is 2.48. The summed E-state index contributed by atoms with van der Waals surface area (Å²) < 4.78 is 13.7. The van der Waals surface area contributed by atoms with Crippen LogP contribution >= 0.6 is 0 Å². The van der Waals surface area contributed by atoms with Crippen molar-refractivity contribution in [2.24, 2.45) is 0 Å². The summed E-state index contributed by atoms with van der Waals surface area (Å²) in [4.78, 5) is 27.3. The van der Waals surface area contributed by atoms with Gasteiger partial charge in [-0.1, -0.05) is 45.0 Å². The van der Waals surface area contributed by atoms with Crippen LogP contribution in [0.15, 0.2) is 48.8 Å². The van der Waals surface area contributed by atoms with E-state index in [9.17, 15) is 14.8 Å². The fourth-order valence-electron chi connectivity index (χ4n) is 4.66. The average Bonchev–Trinajstić information content (AvgIpc) is 3.19. The molecule has 2 aromatic rings. The van der Waals surface area contributed by atoms with Crippen LogP contribution in [0.25, 0.3) is 0 Å². The third-order valence-corrected chi connectivity index (χ3v) is 12.1. The molecule has 208 valence electrons. The number of carbonyl (C=O) groups excluding carboxylic acids is 2. The zero-order valence-electron chi connectivity index (χ0n) is 24.4. The van der Waals surface area contributed by atoms with Crippen molar-refractivity contribution in [3.8, 4) is 0 Å². The second kappa shape index (κ2) is 11.2. The van der Waals surface area contributed by atoms with Gasteiger partial charge in [-0.3, -0.25) is 9.69 Å². The quantitative estimate of drug-likeness (QED) is 0.171. The lowest BCUT2D eigenvalue weighted by Gasteiger charge is -2.43. The van der Waals surface area contributed by atoms with E-state index in [1.54, 1.807) is 19.2 Å². The number of amides is 1. The molecule has 8 heteroatoms. The van der Waals surface area contributed by atoms with Crippen molar-refractivity contribution < 1.29 is 23.5 Å². The first-order chi connectivity index (χ1) is 17.5. The Morgan fingerprint density at radius 3 is 2.24 bits per heavy atom. The van der Waals surface area contributed by atoms with E-state index < -0.39 is 20.0 Å². The van der Waals surface area contributed by atoms with Gasteiger partial charge in [0.15, 0.2) is 26.5 Å². The summed E-state index contributed by atoms with van der Waals surface area (Å²) in [5.41, 5.74) is 1.82. The second-order valence-electron chi connectivity index (χ2n) is 12.9. The summed E-state index contributed by atoms with van der Waals surface area (Å²) in [5, 5.41) is 12.2. The molecule has 0 spiro atoms. The lowest BCUT2D eigenvalue weighted by molar-refractivity contribution is -0.606. The van der Waals surface area contributed by atoms with E-state index in [4.69, 9.17) is 9.16 Å². The lowest BCUT2D eigenvalue weighted by atomic mass is 10.0. The van der Waals surface area contributed by atoms with Crippen LogP contribution in [0.2, 0.25) is 18.1 Å². The first-order valence-corrected chi connectivity index (χ1v) is 16.4. The second-order valence-corrected chi connectivity index (χ2v) is 17.7. The van der Waals surface area contributed by atoms with Crippen molar-refractivity contribution in [3.05, 3.63) is 70.7 Å². The molecule has 0 bridgehead atoms. The molecule has 1 aliphatic heterocycles.